The summed E-state index contributed by atoms with van der Waals surface area (Å²) in [5.41, 5.74) is 1.51. The summed E-state index contributed by atoms with van der Waals surface area (Å²) in [6.45, 7) is 3.32. The Hall–Kier alpha value is -2.38. The molecule has 0 aromatic heterocycles. The van der Waals surface area contributed by atoms with Crippen molar-refractivity contribution >= 4 is 40.7 Å². The molecule has 1 saturated carbocycles. The molecular formula is C22H25ClN4O3. The highest BCUT2D eigenvalue weighted by molar-refractivity contribution is 6.31. The van der Waals surface area contributed by atoms with E-state index in [9.17, 15) is 14.4 Å². The molecule has 0 spiro atoms. The van der Waals surface area contributed by atoms with Crippen LogP contribution in [0, 0.1) is 23.7 Å². The molecule has 2 saturated heterocycles. The maximum Gasteiger partial charge on any atom is 0.244 e. The van der Waals surface area contributed by atoms with Crippen LogP contribution in [0.15, 0.2) is 30.4 Å². The van der Waals surface area contributed by atoms with Crippen LogP contribution in [0.25, 0.3) is 0 Å². The van der Waals surface area contributed by atoms with E-state index in [2.05, 4.69) is 34.3 Å². The molecule has 2 heterocycles. The highest BCUT2D eigenvalue weighted by Gasteiger charge is 2.59. The SMILES string of the molecule is CN1CCN(c2ccc(Cl)cc2NC(=O)CN2C(=O)[C@@H]3[C@H](C2=O)[C@@H]2C=C[C@H]3C2)CC1. The Balaban J connectivity index is 1.30. The second kappa shape index (κ2) is 7.39. The molecule has 30 heavy (non-hydrogen) atoms. The van der Waals surface area contributed by atoms with Crippen molar-refractivity contribution in [3.8, 4) is 0 Å². The lowest BCUT2D eigenvalue weighted by Gasteiger charge is -2.35. The van der Waals surface area contributed by atoms with Crippen LogP contribution >= 0.6 is 11.6 Å². The van der Waals surface area contributed by atoms with E-state index in [4.69, 9.17) is 11.6 Å². The molecule has 8 heteroatoms. The van der Waals surface area contributed by atoms with Gasteiger partial charge in [0, 0.05) is 31.2 Å². The lowest BCUT2D eigenvalue weighted by Crippen LogP contribution is -2.45. The second-order valence-electron chi connectivity index (χ2n) is 8.76. The molecule has 1 N–H and O–H groups in total. The van der Waals surface area contributed by atoms with Gasteiger partial charge in [-0.05, 0) is 43.5 Å². The smallest absolute Gasteiger partial charge is 0.244 e. The number of anilines is 2. The minimum Gasteiger partial charge on any atom is -0.367 e. The van der Waals surface area contributed by atoms with Crippen molar-refractivity contribution in [3.63, 3.8) is 0 Å². The predicted molar refractivity (Wildman–Crippen MR) is 114 cm³/mol. The van der Waals surface area contributed by atoms with Crippen LogP contribution in [0.2, 0.25) is 5.02 Å². The zero-order valence-corrected chi connectivity index (χ0v) is 17.6. The normalized spacial score (nSPS) is 30.3. The summed E-state index contributed by atoms with van der Waals surface area (Å²) in [5.74, 6) is -1.08. The molecule has 4 aliphatic rings. The first-order valence-electron chi connectivity index (χ1n) is 10.5. The molecule has 2 aliphatic heterocycles. The lowest BCUT2D eigenvalue weighted by molar-refractivity contribution is -0.143. The molecule has 2 bridgehead atoms. The molecule has 3 amide bonds. The van der Waals surface area contributed by atoms with E-state index in [1.807, 2.05) is 12.1 Å². The number of amides is 3. The van der Waals surface area contributed by atoms with Crippen molar-refractivity contribution < 1.29 is 14.4 Å². The number of halogens is 1. The molecule has 7 nitrogen and oxygen atoms in total. The van der Waals surface area contributed by atoms with Crippen molar-refractivity contribution in [3.05, 3.63) is 35.4 Å². The highest BCUT2D eigenvalue weighted by atomic mass is 35.5. The first-order valence-corrected chi connectivity index (χ1v) is 10.9. The fourth-order valence-corrected chi connectivity index (χ4v) is 5.56. The summed E-state index contributed by atoms with van der Waals surface area (Å²) in [6, 6.07) is 5.44. The number of carbonyl (C=O) groups excluding carboxylic acids is 3. The van der Waals surface area contributed by atoms with Crippen LogP contribution in [0.3, 0.4) is 0 Å². The third-order valence-corrected chi connectivity index (χ3v) is 7.18. The van der Waals surface area contributed by atoms with Gasteiger partial charge in [-0.1, -0.05) is 23.8 Å². The summed E-state index contributed by atoms with van der Waals surface area (Å²) in [7, 11) is 2.09. The van der Waals surface area contributed by atoms with E-state index in [1.165, 1.54) is 0 Å². The minimum atomic E-state index is -0.380. The number of likely N-dealkylation sites (N-methyl/N-ethyl adjacent to an activating group) is 1. The van der Waals surface area contributed by atoms with E-state index < -0.39 is 0 Å². The van der Waals surface area contributed by atoms with E-state index in [0.29, 0.717) is 10.7 Å². The maximum atomic E-state index is 12.8. The van der Waals surface area contributed by atoms with Gasteiger partial charge in [0.25, 0.3) is 0 Å². The van der Waals surface area contributed by atoms with Gasteiger partial charge in [0.05, 0.1) is 23.2 Å². The monoisotopic (exact) mass is 428 g/mol. The van der Waals surface area contributed by atoms with Crippen LogP contribution in [0.4, 0.5) is 11.4 Å². The number of carbonyl (C=O) groups is 3. The van der Waals surface area contributed by atoms with Gasteiger partial charge < -0.3 is 15.1 Å². The number of nitrogens with one attached hydrogen (secondary N) is 1. The topological polar surface area (TPSA) is 73.0 Å². The van der Waals surface area contributed by atoms with Gasteiger partial charge in [-0.3, -0.25) is 19.3 Å². The van der Waals surface area contributed by atoms with E-state index in [-0.39, 0.29) is 47.9 Å². The number of hydrogen-bond acceptors (Lipinski definition) is 5. The van der Waals surface area contributed by atoms with Crippen LogP contribution in [0.1, 0.15) is 6.42 Å². The summed E-state index contributed by atoms with van der Waals surface area (Å²) >= 11 is 6.18. The van der Waals surface area contributed by atoms with Gasteiger partial charge in [0.1, 0.15) is 6.54 Å². The van der Waals surface area contributed by atoms with Gasteiger partial charge in [-0.15, -0.1) is 0 Å². The van der Waals surface area contributed by atoms with Crippen LogP contribution in [0.5, 0.6) is 0 Å². The Bertz CT molecular complexity index is 910. The Morgan fingerprint density at radius 1 is 1.07 bits per heavy atom. The number of rotatable bonds is 4. The third kappa shape index (κ3) is 3.20. The largest absolute Gasteiger partial charge is 0.367 e. The number of benzene rings is 1. The number of allylic oxidation sites excluding steroid dienone is 2. The Labute approximate surface area is 180 Å². The summed E-state index contributed by atoms with van der Waals surface area (Å²) in [4.78, 5) is 44.1. The number of fused-ring (bicyclic) bond motifs is 5. The molecule has 1 aromatic rings. The quantitative estimate of drug-likeness (QED) is 0.585. The number of likely N-dealkylation sites (tertiary alicyclic amines) is 1. The average Bonchev–Trinajstić information content (AvgIpc) is 3.39. The van der Waals surface area contributed by atoms with Crippen molar-refractivity contribution in [2.75, 3.05) is 50.0 Å². The van der Waals surface area contributed by atoms with Crippen LogP contribution in [-0.2, 0) is 14.4 Å². The van der Waals surface area contributed by atoms with Crippen molar-refractivity contribution in [1.29, 1.82) is 0 Å². The Morgan fingerprint density at radius 2 is 1.70 bits per heavy atom. The molecule has 0 unspecified atom stereocenters. The molecular weight excluding hydrogens is 404 g/mol. The molecule has 158 valence electrons. The Morgan fingerprint density at radius 3 is 2.33 bits per heavy atom. The van der Waals surface area contributed by atoms with Crippen LogP contribution in [-0.4, -0.2) is 67.3 Å². The number of hydrogen-bond donors (Lipinski definition) is 1. The first-order chi connectivity index (χ1) is 14.4. The van der Waals surface area contributed by atoms with Gasteiger partial charge in [0.2, 0.25) is 17.7 Å². The Kier molecular flexibility index (Phi) is 4.82. The zero-order chi connectivity index (χ0) is 21.0. The minimum absolute atomic E-state index is 0.140. The van der Waals surface area contributed by atoms with Gasteiger partial charge in [-0.25, -0.2) is 0 Å². The van der Waals surface area contributed by atoms with Crippen LogP contribution < -0.4 is 10.2 Å². The predicted octanol–water partition coefficient (Wildman–Crippen LogP) is 1.84. The second-order valence-corrected chi connectivity index (χ2v) is 9.20. The van der Waals surface area contributed by atoms with Gasteiger partial charge in [0.15, 0.2) is 0 Å². The van der Waals surface area contributed by atoms with Crippen molar-refractivity contribution in [2.24, 2.45) is 23.7 Å². The zero-order valence-electron chi connectivity index (χ0n) is 16.9. The van der Waals surface area contributed by atoms with E-state index in [0.717, 1.165) is 43.2 Å². The maximum absolute atomic E-state index is 12.8. The fourth-order valence-electron chi connectivity index (χ4n) is 5.38. The summed E-state index contributed by atoms with van der Waals surface area (Å²) < 4.78 is 0. The molecule has 0 radical (unpaired) electrons. The average molecular weight is 429 g/mol. The molecule has 4 atom stereocenters. The highest BCUT2D eigenvalue weighted by Crippen LogP contribution is 2.52. The fraction of sp³-hybridized carbons (Fsp3) is 0.500. The van der Waals surface area contributed by atoms with E-state index in [1.54, 1.807) is 6.07 Å². The molecule has 3 fully saturated rings. The number of imide groups is 1. The van der Waals surface area contributed by atoms with Crippen molar-refractivity contribution in [2.45, 2.75) is 6.42 Å². The number of nitrogens with zero attached hydrogens (tertiary/aromatic N) is 3. The van der Waals surface area contributed by atoms with Gasteiger partial charge >= 0.3 is 0 Å². The lowest BCUT2D eigenvalue weighted by atomic mass is 9.85. The molecule has 2 aliphatic carbocycles. The summed E-state index contributed by atoms with van der Waals surface area (Å²) in [5, 5.41) is 3.41. The molecule has 5 rings (SSSR count). The molecule has 1 aromatic carbocycles. The number of piperazine rings is 1. The standard InChI is InChI=1S/C22H25ClN4O3/c1-25-6-8-26(9-7-25)17-5-4-15(23)11-16(17)24-18(28)12-27-21(29)19-13-2-3-14(10-13)20(19)22(27)30/h2-5,11,13-14,19-20H,6-10,12H2,1H3,(H,24,28)/t13-,14+,19-,20+. The first kappa shape index (κ1) is 19.6. The third-order valence-electron chi connectivity index (χ3n) is 6.94. The summed E-state index contributed by atoms with van der Waals surface area (Å²) in [6.07, 6.45) is 4.98. The van der Waals surface area contributed by atoms with E-state index >= 15 is 0 Å². The van der Waals surface area contributed by atoms with Crippen molar-refractivity contribution in [1.82, 2.24) is 9.80 Å². The van der Waals surface area contributed by atoms with Gasteiger partial charge in [-0.2, -0.15) is 0 Å².